The van der Waals surface area contributed by atoms with Gasteiger partial charge in [0, 0.05) is 5.57 Å². The molecule has 184 valence electrons. The summed E-state index contributed by atoms with van der Waals surface area (Å²) in [5.41, 5.74) is 1.39. The number of benzene rings is 2. The Morgan fingerprint density at radius 1 is 1.11 bits per heavy atom. The highest BCUT2D eigenvalue weighted by Crippen LogP contribution is 2.36. The first-order valence-electron chi connectivity index (χ1n) is 11.3. The van der Waals surface area contributed by atoms with Crippen LogP contribution in [0.1, 0.15) is 31.2 Å². The molecule has 2 fully saturated rings. The number of thiazole rings is 1. The van der Waals surface area contributed by atoms with Gasteiger partial charge in [-0.1, -0.05) is 29.5 Å². The summed E-state index contributed by atoms with van der Waals surface area (Å²) in [5.74, 6) is -0.259. The third-order valence-electron chi connectivity index (χ3n) is 6.37. The summed E-state index contributed by atoms with van der Waals surface area (Å²) in [6.07, 6.45) is -0.246. The van der Waals surface area contributed by atoms with Crippen molar-refractivity contribution in [1.82, 2.24) is 4.98 Å². The topological polar surface area (TPSA) is 85.4 Å². The van der Waals surface area contributed by atoms with E-state index in [0.717, 1.165) is 4.70 Å². The number of methoxy groups -OCH3 is 1. The molecule has 2 aliphatic rings. The molecule has 1 N–H and O–H groups in total. The number of anilines is 1. The van der Waals surface area contributed by atoms with Crippen molar-refractivity contribution in [2.45, 2.75) is 48.2 Å². The van der Waals surface area contributed by atoms with E-state index in [1.165, 1.54) is 23.5 Å². The van der Waals surface area contributed by atoms with E-state index in [0.29, 0.717) is 34.8 Å². The standard InChI is InChI=1S/C25H24F2N2O4S2/c1-33-16-4-9-22-23(13-16)34-25(28-22)29-24(30)19(10-14-11-20(26)21(27)12-14)15-2-5-17(6-3-15)35(31,32)18-7-8-18/h2-6,9-10,13-14,18,20-21H,7-8,11-12H2,1H3,(H,28,29,30)/b19-10+/t14?,20-,21+. The maximum Gasteiger partial charge on any atom is 0.257 e. The van der Waals surface area contributed by atoms with E-state index < -0.39 is 34.0 Å². The lowest BCUT2D eigenvalue weighted by Crippen LogP contribution is -2.15. The molecule has 0 radical (unpaired) electrons. The molecule has 0 saturated heterocycles. The molecule has 0 aliphatic heterocycles. The number of carbonyl (C=O) groups excluding carboxylic acids is 1. The van der Waals surface area contributed by atoms with E-state index in [2.05, 4.69) is 10.3 Å². The average Bonchev–Trinajstić information content (AvgIpc) is 3.56. The number of hydrogen-bond donors (Lipinski definition) is 1. The highest BCUT2D eigenvalue weighted by molar-refractivity contribution is 7.92. The van der Waals surface area contributed by atoms with Gasteiger partial charge in [0.1, 0.15) is 18.1 Å². The lowest BCUT2D eigenvalue weighted by Gasteiger charge is -2.12. The molecule has 0 spiro atoms. The molecule has 6 nitrogen and oxygen atoms in total. The number of ether oxygens (including phenoxy) is 1. The van der Waals surface area contributed by atoms with Gasteiger partial charge in [-0.3, -0.25) is 10.1 Å². The Bertz CT molecular complexity index is 1390. The van der Waals surface area contributed by atoms with Crippen LogP contribution in [-0.4, -0.2) is 44.0 Å². The number of sulfone groups is 1. The van der Waals surface area contributed by atoms with E-state index in [4.69, 9.17) is 4.74 Å². The SMILES string of the molecule is COc1ccc2nc(NC(=O)/C(=C/C3C[C@@H](F)[C@@H](F)C3)c3ccc(S(=O)(=O)C4CC4)cc3)sc2c1. The number of carbonyl (C=O) groups is 1. The van der Waals surface area contributed by atoms with Gasteiger partial charge in [-0.2, -0.15) is 0 Å². The van der Waals surface area contributed by atoms with Crippen LogP contribution in [0.2, 0.25) is 0 Å². The first kappa shape index (κ1) is 23.9. The molecule has 5 rings (SSSR count). The summed E-state index contributed by atoms with van der Waals surface area (Å²) in [4.78, 5) is 18.0. The van der Waals surface area contributed by atoms with Crippen molar-refractivity contribution in [3.8, 4) is 5.75 Å². The molecule has 1 aromatic heterocycles. The number of hydrogen-bond acceptors (Lipinski definition) is 6. The van der Waals surface area contributed by atoms with Crippen LogP contribution in [0.25, 0.3) is 15.8 Å². The molecule has 3 aromatic rings. The predicted octanol–water partition coefficient (Wildman–Crippen LogP) is 5.35. The Labute approximate surface area is 205 Å². The van der Waals surface area contributed by atoms with Crippen molar-refractivity contribution in [3.05, 3.63) is 54.1 Å². The van der Waals surface area contributed by atoms with Crippen LogP contribution in [0.5, 0.6) is 5.75 Å². The predicted molar refractivity (Wildman–Crippen MR) is 132 cm³/mol. The number of alkyl halides is 2. The average molecular weight is 519 g/mol. The lowest BCUT2D eigenvalue weighted by atomic mass is 9.98. The van der Waals surface area contributed by atoms with Crippen LogP contribution in [0.3, 0.4) is 0 Å². The number of fused-ring (bicyclic) bond motifs is 1. The van der Waals surface area contributed by atoms with Crippen molar-refractivity contribution in [2.24, 2.45) is 5.92 Å². The molecule has 2 aromatic carbocycles. The largest absolute Gasteiger partial charge is 0.497 e. The maximum absolute atomic E-state index is 13.8. The molecule has 2 aliphatic carbocycles. The number of nitrogens with zero attached hydrogens (tertiary/aromatic N) is 1. The van der Waals surface area contributed by atoms with Gasteiger partial charge in [0.25, 0.3) is 5.91 Å². The molecule has 0 bridgehead atoms. The van der Waals surface area contributed by atoms with Gasteiger partial charge in [0.15, 0.2) is 15.0 Å². The van der Waals surface area contributed by atoms with E-state index in [-0.39, 0.29) is 28.6 Å². The quantitative estimate of drug-likeness (QED) is 0.426. The zero-order valence-electron chi connectivity index (χ0n) is 18.9. The van der Waals surface area contributed by atoms with Crippen LogP contribution >= 0.6 is 11.3 Å². The Balaban J connectivity index is 1.45. The van der Waals surface area contributed by atoms with Crippen LogP contribution in [0, 0.1) is 5.92 Å². The first-order valence-corrected chi connectivity index (χ1v) is 13.7. The molecule has 35 heavy (non-hydrogen) atoms. The maximum atomic E-state index is 13.8. The van der Waals surface area contributed by atoms with E-state index in [1.54, 1.807) is 37.5 Å². The van der Waals surface area contributed by atoms with Crippen molar-refractivity contribution in [1.29, 1.82) is 0 Å². The fourth-order valence-corrected chi connectivity index (χ4v) is 6.84. The highest BCUT2D eigenvalue weighted by atomic mass is 32.2. The highest BCUT2D eigenvalue weighted by Gasteiger charge is 2.37. The van der Waals surface area contributed by atoms with Crippen molar-refractivity contribution >= 4 is 48.0 Å². The number of rotatable bonds is 7. The number of amides is 1. The Morgan fingerprint density at radius 2 is 1.80 bits per heavy atom. The molecule has 1 unspecified atom stereocenters. The fourth-order valence-electron chi connectivity index (χ4n) is 4.29. The van der Waals surface area contributed by atoms with Crippen LogP contribution in [0.4, 0.5) is 13.9 Å². The van der Waals surface area contributed by atoms with Gasteiger partial charge >= 0.3 is 0 Å². The summed E-state index contributed by atoms with van der Waals surface area (Å²) in [7, 11) is -1.81. The molecule has 10 heteroatoms. The van der Waals surface area contributed by atoms with Crippen LogP contribution in [-0.2, 0) is 14.6 Å². The molecular weight excluding hydrogens is 494 g/mol. The first-order chi connectivity index (χ1) is 16.7. The summed E-state index contributed by atoms with van der Waals surface area (Å²) in [6, 6.07) is 11.5. The number of allylic oxidation sites excluding steroid dienone is 1. The molecule has 1 heterocycles. The van der Waals surface area contributed by atoms with Gasteiger partial charge in [-0.25, -0.2) is 22.2 Å². The van der Waals surface area contributed by atoms with Crippen molar-refractivity contribution in [3.63, 3.8) is 0 Å². The monoisotopic (exact) mass is 518 g/mol. The van der Waals surface area contributed by atoms with Gasteiger partial charge < -0.3 is 4.74 Å². The van der Waals surface area contributed by atoms with E-state index >= 15 is 0 Å². The van der Waals surface area contributed by atoms with Crippen LogP contribution < -0.4 is 10.1 Å². The van der Waals surface area contributed by atoms with Crippen molar-refractivity contribution < 1.29 is 26.7 Å². The minimum absolute atomic E-state index is 0.00692. The van der Waals surface area contributed by atoms with Gasteiger partial charge in [-0.05, 0) is 67.5 Å². The molecule has 3 atom stereocenters. The lowest BCUT2D eigenvalue weighted by molar-refractivity contribution is -0.111. The summed E-state index contributed by atoms with van der Waals surface area (Å²) < 4.78 is 58.8. The number of halogens is 2. The second kappa shape index (κ2) is 9.31. The Morgan fingerprint density at radius 3 is 2.43 bits per heavy atom. The summed E-state index contributed by atoms with van der Waals surface area (Å²) >= 11 is 1.28. The normalized spacial score (nSPS) is 22.9. The van der Waals surface area contributed by atoms with Crippen molar-refractivity contribution in [2.75, 3.05) is 12.4 Å². The van der Waals surface area contributed by atoms with Crippen LogP contribution in [0.15, 0.2) is 53.4 Å². The minimum atomic E-state index is -3.37. The van der Waals surface area contributed by atoms with E-state index in [1.807, 2.05) is 6.07 Å². The second-order valence-electron chi connectivity index (χ2n) is 8.92. The summed E-state index contributed by atoms with van der Waals surface area (Å²) in [6.45, 7) is 0. The smallest absolute Gasteiger partial charge is 0.257 e. The molecule has 1 amide bonds. The third kappa shape index (κ3) is 4.95. The second-order valence-corrected chi connectivity index (χ2v) is 12.2. The number of nitrogens with one attached hydrogen (secondary N) is 1. The Hall–Kier alpha value is -2.85. The third-order valence-corrected chi connectivity index (χ3v) is 9.58. The van der Waals surface area contributed by atoms with Gasteiger partial charge in [0.2, 0.25) is 0 Å². The van der Waals surface area contributed by atoms with Gasteiger partial charge in [-0.15, -0.1) is 0 Å². The summed E-state index contributed by atoms with van der Waals surface area (Å²) in [5, 5.41) is 2.82. The van der Waals surface area contributed by atoms with Gasteiger partial charge in [0.05, 0.1) is 27.5 Å². The zero-order valence-corrected chi connectivity index (χ0v) is 20.5. The fraction of sp³-hybridized carbons (Fsp3) is 0.360. The molecular formula is C25H24F2N2O4S2. The Kier molecular flexibility index (Phi) is 6.35. The minimum Gasteiger partial charge on any atom is -0.497 e. The molecule has 2 saturated carbocycles. The zero-order chi connectivity index (χ0) is 24.7. The number of aromatic nitrogens is 1. The van der Waals surface area contributed by atoms with E-state index in [9.17, 15) is 22.0 Å².